The van der Waals surface area contributed by atoms with Crippen LogP contribution in [0.1, 0.15) is 26.3 Å². The third-order valence-corrected chi connectivity index (χ3v) is 5.41. The molecule has 0 aliphatic rings. The third kappa shape index (κ3) is 5.25. The Morgan fingerprint density at radius 1 is 1.16 bits per heavy atom. The molecule has 0 fully saturated rings. The molecule has 0 aliphatic carbocycles. The summed E-state index contributed by atoms with van der Waals surface area (Å²) >= 11 is 0. The van der Waals surface area contributed by atoms with E-state index in [1.54, 1.807) is 13.8 Å². The average molecular weight is 457 g/mol. The second-order valence-electron chi connectivity index (χ2n) is 6.92. The van der Waals surface area contributed by atoms with Gasteiger partial charge in [-0.15, -0.1) is 0 Å². The van der Waals surface area contributed by atoms with Gasteiger partial charge in [0.1, 0.15) is 5.65 Å². The van der Waals surface area contributed by atoms with Crippen molar-refractivity contribution in [1.82, 2.24) is 24.5 Å². The van der Waals surface area contributed by atoms with Gasteiger partial charge in [-0.05, 0) is 19.9 Å². The van der Waals surface area contributed by atoms with Gasteiger partial charge in [0.05, 0.1) is 17.7 Å². The Morgan fingerprint density at radius 2 is 1.81 bits per heavy atom. The van der Waals surface area contributed by atoms with E-state index in [4.69, 9.17) is 5.73 Å². The van der Waals surface area contributed by atoms with E-state index in [1.807, 2.05) is 4.72 Å². The molecule has 3 heterocycles. The maximum Gasteiger partial charge on any atom is 0.390 e. The molecule has 31 heavy (non-hydrogen) atoms. The minimum Gasteiger partial charge on any atom is -0.368 e. The van der Waals surface area contributed by atoms with Gasteiger partial charge in [-0.25, -0.2) is 23.4 Å². The van der Waals surface area contributed by atoms with Gasteiger partial charge in [-0.1, -0.05) is 0 Å². The number of anilines is 2. The number of fused-ring (bicyclic) bond motifs is 1. The first-order valence-electron chi connectivity index (χ1n) is 8.94. The van der Waals surface area contributed by atoms with Crippen molar-refractivity contribution in [3.63, 3.8) is 0 Å². The zero-order valence-corrected chi connectivity index (χ0v) is 17.2. The molecule has 3 aromatic rings. The van der Waals surface area contributed by atoms with Crippen molar-refractivity contribution in [3.8, 4) is 11.1 Å². The molecular weight excluding hydrogens is 439 g/mol. The SMILES string of the molecule is CC(C)n1c(=O)c(-c2cnc(NS(=O)(=O)CCC(F)(F)F)nc2)cc2cnc(N)nc21. The molecule has 0 unspecified atom stereocenters. The van der Waals surface area contributed by atoms with Crippen molar-refractivity contribution < 1.29 is 21.6 Å². The molecule has 0 spiro atoms. The lowest BCUT2D eigenvalue weighted by Crippen LogP contribution is -2.25. The molecule has 14 heteroatoms. The molecule has 0 bridgehead atoms. The van der Waals surface area contributed by atoms with Crippen LogP contribution in [-0.2, 0) is 10.0 Å². The number of sulfonamides is 1. The molecule has 0 aromatic carbocycles. The van der Waals surface area contributed by atoms with E-state index in [-0.39, 0.29) is 23.1 Å². The Kier molecular flexibility index (Phi) is 5.85. The van der Waals surface area contributed by atoms with Gasteiger partial charge in [0.25, 0.3) is 5.56 Å². The Balaban J connectivity index is 1.95. The van der Waals surface area contributed by atoms with Crippen LogP contribution in [0.3, 0.4) is 0 Å². The van der Waals surface area contributed by atoms with Crippen LogP contribution in [0.2, 0.25) is 0 Å². The lowest BCUT2D eigenvalue weighted by Gasteiger charge is -2.15. The van der Waals surface area contributed by atoms with Crippen LogP contribution in [0.4, 0.5) is 25.1 Å². The summed E-state index contributed by atoms with van der Waals surface area (Å²) < 4.78 is 63.6. The number of halogens is 3. The highest BCUT2D eigenvalue weighted by atomic mass is 32.2. The number of nitrogen functional groups attached to an aromatic ring is 1. The van der Waals surface area contributed by atoms with Crippen LogP contribution in [0.25, 0.3) is 22.2 Å². The van der Waals surface area contributed by atoms with Crippen molar-refractivity contribution in [1.29, 1.82) is 0 Å². The predicted molar refractivity (Wildman–Crippen MR) is 108 cm³/mol. The van der Waals surface area contributed by atoms with Crippen molar-refractivity contribution in [2.24, 2.45) is 0 Å². The summed E-state index contributed by atoms with van der Waals surface area (Å²) in [4.78, 5) is 28.7. The number of nitrogens with zero attached hydrogens (tertiary/aromatic N) is 5. The molecule has 3 aromatic heterocycles. The Hall–Kier alpha value is -3.29. The zero-order valence-electron chi connectivity index (χ0n) is 16.4. The summed E-state index contributed by atoms with van der Waals surface area (Å²) in [5, 5.41) is 0.537. The highest BCUT2D eigenvalue weighted by Gasteiger charge is 2.30. The van der Waals surface area contributed by atoms with Crippen molar-refractivity contribution in [2.75, 3.05) is 16.2 Å². The van der Waals surface area contributed by atoms with Crippen LogP contribution < -0.4 is 16.0 Å². The molecule has 0 saturated carbocycles. The summed E-state index contributed by atoms with van der Waals surface area (Å²) in [6.45, 7) is 3.58. The average Bonchev–Trinajstić information content (AvgIpc) is 2.66. The second kappa shape index (κ2) is 8.09. The van der Waals surface area contributed by atoms with Gasteiger partial charge >= 0.3 is 6.18 Å². The minimum absolute atomic E-state index is 0.0135. The fourth-order valence-corrected chi connectivity index (χ4v) is 3.77. The predicted octanol–water partition coefficient (Wildman–Crippen LogP) is 2.11. The number of hydrogen-bond donors (Lipinski definition) is 2. The van der Waals surface area contributed by atoms with Crippen LogP contribution in [0, 0.1) is 0 Å². The number of hydrogen-bond acceptors (Lipinski definition) is 8. The lowest BCUT2D eigenvalue weighted by molar-refractivity contribution is -0.129. The van der Waals surface area contributed by atoms with Gasteiger partial charge in [-0.3, -0.25) is 14.1 Å². The normalized spacial score (nSPS) is 12.5. The highest BCUT2D eigenvalue weighted by Crippen LogP contribution is 2.23. The van der Waals surface area contributed by atoms with E-state index < -0.39 is 39.9 Å². The number of aromatic nitrogens is 5. The molecular formula is C17H18F3N7O3S. The number of alkyl halides is 3. The molecule has 0 saturated heterocycles. The largest absolute Gasteiger partial charge is 0.390 e. The molecule has 0 aliphatic heterocycles. The highest BCUT2D eigenvalue weighted by molar-refractivity contribution is 7.92. The van der Waals surface area contributed by atoms with Gasteiger partial charge < -0.3 is 5.73 Å². The maximum atomic E-state index is 13.0. The molecule has 0 atom stereocenters. The van der Waals surface area contributed by atoms with E-state index >= 15 is 0 Å². The van der Waals surface area contributed by atoms with Gasteiger partial charge in [0.15, 0.2) is 0 Å². The molecule has 10 nitrogen and oxygen atoms in total. The molecule has 3 rings (SSSR count). The minimum atomic E-state index is -4.61. The smallest absolute Gasteiger partial charge is 0.368 e. The summed E-state index contributed by atoms with van der Waals surface area (Å²) in [5.74, 6) is -1.55. The van der Waals surface area contributed by atoms with E-state index in [1.165, 1.54) is 29.2 Å². The number of rotatable bonds is 6. The molecule has 0 radical (unpaired) electrons. The first-order chi connectivity index (χ1) is 14.4. The van der Waals surface area contributed by atoms with Gasteiger partial charge in [-0.2, -0.15) is 18.2 Å². The Morgan fingerprint density at radius 3 is 2.39 bits per heavy atom. The zero-order chi connectivity index (χ0) is 23.0. The van der Waals surface area contributed by atoms with E-state index in [9.17, 15) is 26.4 Å². The monoisotopic (exact) mass is 457 g/mol. The summed E-state index contributed by atoms with van der Waals surface area (Å²) in [5.41, 5.74) is 6.06. The van der Waals surface area contributed by atoms with Crippen molar-refractivity contribution in [2.45, 2.75) is 32.5 Å². The van der Waals surface area contributed by atoms with Crippen LogP contribution in [0.5, 0.6) is 0 Å². The number of pyridine rings is 1. The Labute approximate surface area is 174 Å². The molecule has 166 valence electrons. The molecule has 3 N–H and O–H groups in total. The quantitative estimate of drug-likeness (QED) is 0.572. The Bertz CT molecular complexity index is 1270. The fraction of sp³-hybridized carbons (Fsp3) is 0.353. The van der Waals surface area contributed by atoms with E-state index in [0.29, 0.717) is 11.0 Å². The van der Waals surface area contributed by atoms with Crippen LogP contribution in [0.15, 0.2) is 29.5 Å². The summed E-state index contributed by atoms with van der Waals surface area (Å²) in [7, 11) is -4.29. The van der Waals surface area contributed by atoms with Crippen molar-refractivity contribution >= 4 is 33.0 Å². The van der Waals surface area contributed by atoms with E-state index in [2.05, 4.69) is 19.9 Å². The lowest BCUT2D eigenvalue weighted by atomic mass is 10.1. The third-order valence-electron chi connectivity index (χ3n) is 4.17. The van der Waals surface area contributed by atoms with Gasteiger partial charge in [0, 0.05) is 35.6 Å². The first-order valence-corrected chi connectivity index (χ1v) is 10.6. The number of nitrogens with two attached hydrogens (primary N) is 1. The topological polar surface area (TPSA) is 146 Å². The second-order valence-corrected chi connectivity index (χ2v) is 8.76. The number of nitrogens with one attached hydrogen (secondary N) is 1. The fourth-order valence-electron chi connectivity index (χ4n) is 2.78. The standard InChI is InChI=1S/C17H18F3N7O3S/c1-9(2)27-13-10(6-22-15(21)25-13)5-12(14(27)28)11-7-23-16(24-8-11)26-31(29,30)4-3-17(18,19)20/h5-9H,3-4H2,1-2H3,(H2,21,22,25)(H,23,24,26). The first kappa shape index (κ1) is 22.4. The van der Waals surface area contributed by atoms with E-state index in [0.717, 1.165) is 0 Å². The van der Waals surface area contributed by atoms with Crippen molar-refractivity contribution in [3.05, 3.63) is 35.0 Å². The summed E-state index contributed by atoms with van der Waals surface area (Å²) in [6.07, 6.45) is -2.26. The van der Waals surface area contributed by atoms with Gasteiger partial charge in [0.2, 0.25) is 21.9 Å². The summed E-state index contributed by atoms with van der Waals surface area (Å²) in [6, 6.07) is 1.27. The molecule has 0 amide bonds. The van der Waals surface area contributed by atoms with Crippen LogP contribution >= 0.6 is 0 Å². The van der Waals surface area contributed by atoms with Crippen LogP contribution in [-0.4, -0.2) is 44.8 Å². The maximum absolute atomic E-state index is 13.0.